The monoisotopic (exact) mass is 248 g/mol. The first kappa shape index (κ1) is 11.7. The highest BCUT2D eigenvalue weighted by molar-refractivity contribution is 6.32. The molecule has 1 aromatic heterocycles. The molecule has 0 unspecified atom stereocenters. The molecule has 2 rings (SSSR count). The van der Waals surface area contributed by atoms with E-state index in [1.165, 1.54) is 0 Å². The molecule has 2 aromatic rings. The van der Waals surface area contributed by atoms with Gasteiger partial charge < -0.3 is 10.5 Å². The Morgan fingerprint density at radius 1 is 1.24 bits per heavy atom. The summed E-state index contributed by atoms with van der Waals surface area (Å²) in [5.74, 6) is 1.10. The van der Waals surface area contributed by atoms with E-state index in [1.807, 2.05) is 26.0 Å². The summed E-state index contributed by atoms with van der Waals surface area (Å²) in [6.45, 7) is 3.87. The molecule has 0 atom stereocenters. The second-order valence-electron chi connectivity index (χ2n) is 3.87. The van der Waals surface area contributed by atoms with Gasteiger partial charge >= 0.3 is 0 Å². The van der Waals surface area contributed by atoms with E-state index < -0.39 is 0 Å². The molecular weight excluding hydrogens is 236 g/mol. The largest absolute Gasteiger partial charge is 0.437 e. The summed E-state index contributed by atoms with van der Waals surface area (Å²) >= 11 is 6.09. The van der Waals surface area contributed by atoms with Crippen LogP contribution in [0.25, 0.3) is 0 Å². The van der Waals surface area contributed by atoms with Crippen LogP contribution in [0, 0.1) is 13.8 Å². The molecule has 0 aliphatic carbocycles. The summed E-state index contributed by atoms with van der Waals surface area (Å²) in [6, 6.07) is 7.24. The van der Waals surface area contributed by atoms with Crippen LogP contribution in [-0.4, -0.2) is 4.98 Å². The van der Waals surface area contributed by atoms with Gasteiger partial charge in [-0.2, -0.15) is 0 Å². The predicted molar refractivity (Wildman–Crippen MR) is 69.6 cm³/mol. The quantitative estimate of drug-likeness (QED) is 0.881. The molecular formula is C13H13ClN2O. The number of nitrogens with zero attached hydrogens (tertiary/aromatic N) is 1. The van der Waals surface area contributed by atoms with Crippen molar-refractivity contribution in [2.75, 3.05) is 5.73 Å². The number of aromatic nitrogens is 1. The number of nitrogens with two attached hydrogens (primary N) is 1. The molecule has 0 aliphatic rings. The Morgan fingerprint density at radius 2 is 1.88 bits per heavy atom. The van der Waals surface area contributed by atoms with E-state index in [-0.39, 0.29) is 0 Å². The number of benzene rings is 1. The maximum absolute atomic E-state index is 6.09. The summed E-state index contributed by atoms with van der Waals surface area (Å²) in [6.07, 6.45) is 1.64. The van der Waals surface area contributed by atoms with E-state index in [2.05, 4.69) is 4.98 Å². The summed E-state index contributed by atoms with van der Waals surface area (Å²) in [7, 11) is 0. The van der Waals surface area contributed by atoms with E-state index in [9.17, 15) is 0 Å². The normalized spacial score (nSPS) is 10.3. The van der Waals surface area contributed by atoms with E-state index in [1.54, 1.807) is 18.3 Å². The fourth-order valence-corrected chi connectivity index (χ4v) is 1.67. The van der Waals surface area contributed by atoms with Gasteiger partial charge in [0.05, 0.1) is 5.69 Å². The van der Waals surface area contributed by atoms with Gasteiger partial charge in [-0.15, -0.1) is 0 Å². The minimum absolute atomic E-state index is 0.411. The maximum Gasteiger partial charge on any atom is 0.242 e. The van der Waals surface area contributed by atoms with E-state index in [4.69, 9.17) is 22.1 Å². The second kappa shape index (κ2) is 4.63. The second-order valence-corrected chi connectivity index (χ2v) is 4.25. The predicted octanol–water partition coefficient (Wildman–Crippen LogP) is 3.73. The molecule has 0 radical (unpaired) electrons. The molecule has 4 heteroatoms. The molecule has 0 saturated carbocycles. The third-order valence-electron chi connectivity index (χ3n) is 2.43. The number of ether oxygens (including phenoxy) is 1. The van der Waals surface area contributed by atoms with Gasteiger partial charge in [0.15, 0.2) is 0 Å². The van der Waals surface area contributed by atoms with Crippen LogP contribution in [0.2, 0.25) is 5.02 Å². The third kappa shape index (κ3) is 2.50. The van der Waals surface area contributed by atoms with E-state index in [0.717, 1.165) is 16.1 Å². The van der Waals surface area contributed by atoms with Gasteiger partial charge in [0.25, 0.3) is 0 Å². The fraction of sp³-hybridized carbons (Fsp3) is 0.154. The average Bonchev–Trinajstić information content (AvgIpc) is 2.29. The van der Waals surface area contributed by atoms with Crippen molar-refractivity contribution in [2.45, 2.75) is 13.8 Å². The van der Waals surface area contributed by atoms with Gasteiger partial charge in [0, 0.05) is 11.2 Å². The van der Waals surface area contributed by atoms with Crippen LogP contribution in [0.15, 0.2) is 30.5 Å². The number of aryl methyl sites for hydroxylation is 2. The van der Waals surface area contributed by atoms with Crippen molar-refractivity contribution in [3.8, 4) is 11.6 Å². The lowest BCUT2D eigenvalue weighted by Crippen LogP contribution is -1.95. The van der Waals surface area contributed by atoms with E-state index in [0.29, 0.717) is 17.3 Å². The van der Waals surface area contributed by atoms with Crippen molar-refractivity contribution in [1.82, 2.24) is 4.98 Å². The molecule has 0 amide bonds. The summed E-state index contributed by atoms with van der Waals surface area (Å²) < 4.78 is 5.63. The summed E-state index contributed by atoms with van der Waals surface area (Å²) in [5.41, 5.74) is 8.21. The van der Waals surface area contributed by atoms with Crippen LogP contribution in [0.3, 0.4) is 0 Å². The number of nitrogen functional groups attached to an aromatic ring is 1. The van der Waals surface area contributed by atoms with Gasteiger partial charge in [-0.1, -0.05) is 11.6 Å². The van der Waals surface area contributed by atoms with Crippen molar-refractivity contribution >= 4 is 17.3 Å². The van der Waals surface area contributed by atoms with Crippen molar-refractivity contribution in [2.24, 2.45) is 0 Å². The lowest BCUT2D eigenvalue weighted by molar-refractivity contribution is 0.465. The number of anilines is 1. The first-order chi connectivity index (χ1) is 8.08. The molecule has 1 aromatic carbocycles. The SMILES string of the molecule is Cc1cc(Oc2ncccc2N)cc(C)c1Cl. The zero-order valence-electron chi connectivity index (χ0n) is 9.70. The van der Waals surface area contributed by atoms with Crippen LogP contribution in [0.4, 0.5) is 5.69 Å². The molecule has 0 aliphatic heterocycles. The van der Waals surface area contributed by atoms with Crippen molar-refractivity contribution in [3.63, 3.8) is 0 Å². The molecule has 0 spiro atoms. The number of hydrogen-bond acceptors (Lipinski definition) is 3. The Kier molecular flexibility index (Phi) is 3.20. The third-order valence-corrected chi connectivity index (χ3v) is 3.02. The molecule has 1 heterocycles. The Bertz CT molecular complexity index is 532. The van der Waals surface area contributed by atoms with Crippen LogP contribution < -0.4 is 10.5 Å². The Hall–Kier alpha value is -1.74. The first-order valence-corrected chi connectivity index (χ1v) is 5.61. The summed E-state index contributed by atoms with van der Waals surface area (Å²) in [4.78, 5) is 4.08. The average molecular weight is 249 g/mol. The maximum atomic E-state index is 6.09. The van der Waals surface area contributed by atoms with Gasteiger partial charge in [-0.05, 0) is 49.2 Å². The Labute approximate surface area is 105 Å². The van der Waals surface area contributed by atoms with Crippen molar-refractivity contribution in [3.05, 3.63) is 46.6 Å². The standard InChI is InChI=1S/C13H13ClN2O/c1-8-6-10(7-9(2)12(8)14)17-13-11(15)4-3-5-16-13/h3-7H,15H2,1-2H3. The highest BCUT2D eigenvalue weighted by Gasteiger charge is 2.06. The van der Waals surface area contributed by atoms with Crippen molar-refractivity contribution < 1.29 is 4.74 Å². The number of hydrogen-bond donors (Lipinski definition) is 1. The summed E-state index contributed by atoms with van der Waals surface area (Å²) in [5, 5.41) is 0.756. The Morgan fingerprint density at radius 3 is 2.47 bits per heavy atom. The topological polar surface area (TPSA) is 48.1 Å². The van der Waals surface area contributed by atoms with Crippen LogP contribution in [0.1, 0.15) is 11.1 Å². The molecule has 0 saturated heterocycles. The van der Waals surface area contributed by atoms with Gasteiger partial charge in [-0.3, -0.25) is 0 Å². The number of rotatable bonds is 2. The minimum Gasteiger partial charge on any atom is -0.437 e. The van der Waals surface area contributed by atoms with Crippen LogP contribution in [-0.2, 0) is 0 Å². The molecule has 2 N–H and O–H groups in total. The highest BCUT2D eigenvalue weighted by atomic mass is 35.5. The Balaban J connectivity index is 2.34. The minimum atomic E-state index is 0.411. The molecule has 88 valence electrons. The zero-order valence-corrected chi connectivity index (χ0v) is 10.5. The van der Waals surface area contributed by atoms with Gasteiger partial charge in [-0.25, -0.2) is 4.98 Å². The van der Waals surface area contributed by atoms with Crippen LogP contribution >= 0.6 is 11.6 Å². The van der Waals surface area contributed by atoms with Gasteiger partial charge in [0.2, 0.25) is 5.88 Å². The van der Waals surface area contributed by atoms with Crippen LogP contribution in [0.5, 0.6) is 11.6 Å². The fourth-order valence-electron chi connectivity index (χ4n) is 1.57. The van der Waals surface area contributed by atoms with E-state index >= 15 is 0 Å². The van der Waals surface area contributed by atoms with Gasteiger partial charge in [0.1, 0.15) is 5.75 Å². The highest BCUT2D eigenvalue weighted by Crippen LogP contribution is 2.30. The molecule has 0 bridgehead atoms. The van der Waals surface area contributed by atoms with Crippen molar-refractivity contribution in [1.29, 1.82) is 0 Å². The smallest absolute Gasteiger partial charge is 0.242 e. The lowest BCUT2D eigenvalue weighted by Gasteiger charge is -2.10. The number of halogens is 1. The number of pyridine rings is 1. The molecule has 0 fully saturated rings. The molecule has 3 nitrogen and oxygen atoms in total. The lowest BCUT2D eigenvalue weighted by atomic mass is 10.1. The zero-order chi connectivity index (χ0) is 12.4. The molecule has 17 heavy (non-hydrogen) atoms. The first-order valence-electron chi connectivity index (χ1n) is 5.23.